The van der Waals surface area contributed by atoms with Crippen LogP contribution in [-0.4, -0.2) is 49.7 Å². The maximum absolute atomic E-state index is 13.4. The first kappa shape index (κ1) is 24.5. The highest BCUT2D eigenvalue weighted by molar-refractivity contribution is 7.92. The van der Waals surface area contributed by atoms with E-state index in [1.54, 1.807) is 12.1 Å². The molecule has 0 amide bonds. The van der Waals surface area contributed by atoms with Gasteiger partial charge in [-0.1, -0.05) is 6.07 Å². The highest BCUT2D eigenvalue weighted by Crippen LogP contribution is 2.31. The lowest BCUT2D eigenvalue weighted by molar-refractivity contribution is 0.354. The van der Waals surface area contributed by atoms with E-state index in [1.165, 1.54) is 76.2 Å². The van der Waals surface area contributed by atoms with Crippen LogP contribution in [0.25, 0.3) is 0 Å². The maximum Gasteiger partial charge on any atom is 0.240 e. The van der Waals surface area contributed by atoms with Gasteiger partial charge in [0.15, 0.2) is 21.3 Å². The van der Waals surface area contributed by atoms with E-state index in [0.717, 1.165) is 0 Å². The highest BCUT2D eigenvalue weighted by atomic mass is 32.2. The van der Waals surface area contributed by atoms with E-state index in [2.05, 4.69) is 9.71 Å². The number of sulfone groups is 1. The quantitative estimate of drug-likeness (QED) is 0.458. The molecule has 0 bridgehead atoms. The zero-order chi connectivity index (χ0) is 24.1. The predicted molar refractivity (Wildman–Crippen MR) is 122 cm³/mol. The third-order valence-corrected chi connectivity index (χ3v) is 8.48. The van der Waals surface area contributed by atoms with Gasteiger partial charge in [0.2, 0.25) is 10.0 Å². The zero-order valence-electron chi connectivity index (χ0n) is 18.3. The molecule has 0 radical (unpaired) electrons. The van der Waals surface area contributed by atoms with Crippen LogP contribution in [0.15, 0.2) is 76.8 Å². The van der Waals surface area contributed by atoms with Gasteiger partial charge >= 0.3 is 0 Å². The molecule has 0 saturated carbocycles. The Bertz CT molecular complexity index is 1290. The molecule has 0 unspecified atom stereocenters. The van der Waals surface area contributed by atoms with Gasteiger partial charge in [-0.05, 0) is 48.0 Å². The van der Waals surface area contributed by atoms with Crippen LogP contribution < -0.4 is 18.9 Å². The number of hydrogen-bond donors (Lipinski definition) is 1. The van der Waals surface area contributed by atoms with Gasteiger partial charge in [0.05, 0.1) is 31.1 Å². The maximum atomic E-state index is 13.4. The average Bonchev–Trinajstić information content (AvgIpc) is 2.84. The molecule has 0 aliphatic heterocycles. The summed E-state index contributed by atoms with van der Waals surface area (Å²) in [6, 6.07) is 13.2. The number of ether oxygens (including phenoxy) is 3. The summed E-state index contributed by atoms with van der Waals surface area (Å²) in [5.41, 5.74) is 0.350. The van der Waals surface area contributed by atoms with Crippen LogP contribution in [0.2, 0.25) is 0 Å². The van der Waals surface area contributed by atoms with Crippen molar-refractivity contribution in [2.75, 3.05) is 27.9 Å². The minimum Gasteiger partial charge on any atom is -0.497 e. The molecule has 1 aromatic heterocycles. The number of pyridine rings is 1. The van der Waals surface area contributed by atoms with Crippen LogP contribution >= 0.6 is 0 Å². The Morgan fingerprint density at radius 1 is 0.848 bits per heavy atom. The van der Waals surface area contributed by atoms with Gasteiger partial charge in [-0.25, -0.2) is 21.6 Å². The second-order valence-corrected chi connectivity index (χ2v) is 10.8. The van der Waals surface area contributed by atoms with Crippen molar-refractivity contribution in [3.63, 3.8) is 0 Å². The summed E-state index contributed by atoms with van der Waals surface area (Å²) < 4.78 is 70.6. The molecule has 1 heterocycles. The standard InChI is InChI=1S/C22H24N2O7S2/c1-29-17-6-8-18(9-7-17)32(25,26)22(16-5-4-12-23-14-16)15-24-33(27,28)19-10-11-20(30-2)21(13-19)31-3/h4-14,22,24H,15H2,1-3H3/t22-/m0/s1. The molecule has 0 aliphatic carbocycles. The lowest BCUT2D eigenvalue weighted by atomic mass is 10.2. The Labute approximate surface area is 193 Å². The molecule has 0 spiro atoms. The van der Waals surface area contributed by atoms with Crippen molar-refractivity contribution in [2.24, 2.45) is 0 Å². The number of methoxy groups -OCH3 is 3. The van der Waals surface area contributed by atoms with Crippen molar-refractivity contribution in [3.05, 3.63) is 72.6 Å². The molecule has 0 aliphatic rings. The molecular formula is C22H24N2O7S2. The topological polar surface area (TPSA) is 121 Å². The molecule has 11 heteroatoms. The Kier molecular flexibility index (Phi) is 7.57. The van der Waals surface area contributed by atoms with E-state index in [9.17, 15) is 16.8 Å². The Hall–Kier alpha value is -3.15. The van der Waals surface area contributed by atoms with Crippen molar-refractivity contribution >= 4 is 19.9 Å². The fraction of sp³-hybridized carbons (Fsp3) is 0.227. The number of aromatic nitrogens is 1. The first-order valence-electron chi connectivity index (χ1n) is 9.72. The van der Waals surface area contributed by atoms with Gasteiger partial charge in [-0.3, -0.25) is 4.98 Å². The predicted octanol–water partition coefficient (Wildman–Crippen LogP) is 2.60. The van der Waals surface area contributed by atoms with Gasteiger partial charge in [0.25, 0.3) is 0 Å². The lowest BCUT2D eigenvalue weighted by Crippen LogP contribution is -2.32. The highest BCUT2D eigenvalue weighted by Gasteiger charge is 2.31. The normalized spacial score (nSPS) is 12.7. The molecule has 1 N–H and O–H groups in total. The third-order valence-electron chi connectivity index (χ3n) is 4.94. The average molecular weight is 493 g/mol. The van der Waals surface area contributed by atoms with Gasteiger partial charge in [0, 0.05) is 25.0 Å². The van der Waals surface area contributed by atoms with E-state index >= 15 is 0 Å². The second-order valence-electron chi connectivity index (χ2n) is 6.86. The Morgan fingerprint density at radius 3 is 2.09 bits per heavy atom. The number of benzene rings is 2. The largest absolute Gasteiger partial charge is 0.497 e. The second kappa shape index (κ2) is 10.2. The monoisotopic (exact) mass is 492 g/mol. The van der Waals surface area contributed by atoms with Gasteiger partial charge in [0.1, 0.15) is 11.0 Å². The lowest BCUT2D eigenvalue weighted by Gasteiger charge is -2.19. The Balaban J connectivity index is 1.95. The number of nitrogens with zero attached hydrogens (tertiary/aromatic N) is 1. The molecule has 1 atom stereocenters. The van der Waals surface area contributed by atoms with Crippen LogP contribution in [0.1, 0.15) is 10.8 Å². The summed E-state index contributed by atoms with van der Waals surface area (Å²) in [5.74, 6) is 1.10. The van der Waals surface area contributed by atoms with Crippen LogP contribution in [0.4, 0.5) is 0 Å². The molecule has 0 fully saturated rings. The molecule has 33 heavy (non-hydrogen) atoms. The molecule has 0 saturated heterocycles. The fourth-order valence-corrected chi connectivity index (χ4v) is 5.97. The minimum absolute atomic E-state index is 0.0301. The fourth-order valence-electron chi connectivity index (χ4n) is 3.16. The van der Waals surface area contributed by atoms with Crippen LogP contribution in [-0.2, 0) is 19.9 Å². The zero-order valence-corrected chi connectivity index (χ0v) is 19.9. The number of nitrogens with one attached hydrogen (secondary N) is 1. The molecule has 2 aromatic carbocycles. The summed E-state index contributed by atoms with van der Waals surface area (Å²) in [6.07, 6.45) is 2.91. The molecule has 3 aromatic rings. The number of hydrogen-bond acceptors (Lipinski definition) is 8. The summed E-state index contributed by atoms with van der Waals surface area (Å²) in [4.78, 5) is 3.93. The van der Waals surface area contributed by atoms with Gasteiger partial charge < -0.3 is 14.2 Å². The van der Waals surface area contributed by atoms with E-state index in [1.807, 2.05) is 0 Å². The van der Waals surface area contributed by atoms with E-state index in [0.29, 0.717) is 17.1 Å². The van der Waals surface area contributed by atoms with Crippen LogP contribution in [0.3, 0.4) is 0 Å². The number of rotatable bonds is 10. The molecule has 176 valence electrons. The summed E-state index contributed by atoms with van der Waals surface area (Å²) in [5, 5.41) is -1.21. The first-order chi connectivity index (χ1) is 15.7. The SMILES string of the molecule is COc1ccc(S(=O)(=O)[C@@H](CNS(=O)(=O)c2ccc(OC)c(OC)c2)c2cccnc2)cc1. The van der Waals surface area contributed by atoms with Crippen molar-refractivity contribution in [3.8, 4) is 17.2 Å². The van der Waals surface area contributed by atoms with Crippen molar-refractivity contribution in [2.45, 2.75) is 15.0 Å². The van der Waals surface area contributed by atoms with Gasteiger partial charge in [-0.15, -0.1) is 0 Å². The summed E-state index contributed by atoms with van der Waals surface area (Å²) >= 11 is 0. The molecular weight excluding hydrogens is 468 g/mol. The van der Waals surface area contributed by atoms with Crippen LogP contribution in [0, 0.1) is 0 Å². The summed E-state index contributed by atoms with van der Waals surface area (Å²) in [6.45, 7) is -0.406. The third kappa shape index (κ3) is 5.44. The summed E-state index contributed by atoms with van der Waals surface area (Å²) in [7, 11) is -3.73. The van der Waals surface area contributed by atoms with Gasteiger partial charge in [-0.2, -0.15) is 0 Å². The van der Waals surface area contributed by atoms with E-state index < -0.39 is 31.7 Å². The van der Waals surface area contributed by atoms with E-state index in [-0.39, 0.29) is 15.5 Å². The first-order valence-corrected chi connectivity index (χ1v) is 12.8. The van der Waals surface area contributed by atoms with Crippen molar-refractivity contribution in [1.82, 2.24) is 9.71 Å². The Morgan fingerprint density at radius 2 is 1.52 bits per heavy atom. The minimum atomic E-state index is -4.06. The number of sulfonamides is 1. The van der Waals surface area contributed by atoms with E-state index in [4.69, 9.17) is 14.2 Å². The smallest absolute Gasteiger partial charge is 0.240 e. The molecule has 9 nitrogen and oxygen atoms in total. The molecule has 3 rings (SSSR count). The van der Waals surface area contributed by atoms with Crippen LogP contribution in [0.5, 0.6) is 17.2 Å². The van der Waals surface area contributed by atoms with Crippen molar-refractivity contribution in [1.29, 1.82) is 0 Å². The van der Waals surface area contributed by atoms with Crippen molar-refractivity contribution < 1.29 is 31.0 Å².